The topological polar surface area (TPSA) is 18.5 Å². The Balaban J connectivity index is 3.22. The minimum Gasteiger partial charge on any atom is -0.351 e. The maximum atomic E-state index is 5.65. The molecular formula is C13H28O2. The lowest BCUT2D eigenvalue weighted by Crippen LogP contribution is -2.28. The van der Waals surface area contributed by atoms with E-state index in [4.69, 9.17) is 9.47 Å². The van der Waals surface area contributed by atoms with Crippen LogP contribution < -0.4 is 0 Å². The normalized spacial score (nSPS) is 12.0. The summed E-state index contributed by atoms with van der Waals surface area (Å²) in [6.45, 7) is 9.73. The minimum atomic E-state index is -0.405. The van der Waals surface area contributed by atoms with Crippen molar-refractivity contribution in [3.8, 4) is 0 Å². The Bertz CT molecular complexity index is 132. The fourth-order valence-corrected chi connectivity index (χ4v) is 1.59. The first-order valence-corrected chi connectivity index (χ1v) is 6.40. The molecule has 0 unspecified atom stereocenters. The third-order valence-corrected chi connectivity index (χ3v) is 2.44. The van der Waals surface area contributed by atoms with Gasteiger partial charge in [-0.2, -0.15) is 0 Å². The summed E-state index contributed by atoms with van der Waals surface area (Å²) in [4.78, 5) is 0. The van der Waals surface area contributed by atoms with Crippen molar-refractivity contribution < 1.29 is 9.47 Å². The molecule has 0 aliphatic heterocycles. The van der Waals surface area contributed by atoms with Crippen molar-refractivity contribution in [2.75, 3.05) is 13.2 Å². The highest BCUT2D eigenvalue weighted by Crippen LogP contribution is 2.12. The van der Waals surface area contributed by atoms with Crippen LogP contribution in [0, 0.1) is 0 Å². The molecule has 0 bridgehead atoms. The van der Waals surface area contributed by atoms with Gasteiger partial charge in [0.15, 0.2) is 5.79 Å². The number of hydrogen-bond acceptors (Lipinski definition) is 2. The van der Waals surface area contributed by atoms with Gasteiger partial charge in [0.1, 0.15) is 0 Å². The van der Waals surface area contributed by atoms with E-state index in [1.165, 1.54) is 32.1 Å². The van der Waals surface area contributed by atoms with Gasteiger partial charge in [-0.05, 0) is 27.2 Å². The Hall–Kier alpha value is -0.0800. The third-order valence-electron chi connectivity index (χ3n) is 2.44. The van der Waals surface area contributed by atoms with E-state index in [-0.39, 0.29) is 0 Å². The van der Waals surface area contributed by atoms with E-state index in [9.17, 15) is 0 Å². The van der Waals surface area contributed by atoms with Gasteiger partial charge in [0.25, 0.3) is 0 Å². The summed E-state index contributed by atoms with van der Waals surface area (Å²) in [6.07, 6.45) is 7.82. The summed E-state index contributed by atoms with van der Waals surface area (Å²) in [6, 6.07) is 0. The summed E-state index contributed by atoms with van der Waals surface area (Å²) in [5.74, 6) is -0.405. The molecule has 2 nitrogen and oxygen atoms in total. The molecule has 0 radical (unpaired) electrons. The Morgan fingerprint density at radius 3 is 2.00 bits per heavy atom. The molecule has 0 rings (SSSR count). The highest BCUT2D eigenvalue weighted by atomic mass is 16.7. The zero-order valence-corrected chi connectivity index (χ0v) is 11.0. The van der Waals surface area contributed by atoms with Crippen LogP contribution in [-0.4, -0.2) is 19.0 Å². The zero-order valence-electron chi connectivity index (χ0n) is 11.0. The molecule has 0 N–H and O–H groups in total. The second kappa shape index (κ2) is 9.17. The maximum absolute atomic E-state index is 5.65. The second-order valence-corrected chi connectivity index (χ2v) is 4.45. The highest BCUT2D eigenvalue weighted by Gasteiger charge is 2.16. The summed E-state index contributed by atoms with van der Waals surface area (Å²) in [7, 11) is 0. The smallest absolute Gasteiger partial charge is 0.162 e. The minimum absolute atomic E-state index is 0.405. The van der Waals surface area contributed by atoms with Gasteiger partial charge in [-0.3, -0.25) is 0 Å². The molecule has 92 valence electrons. The Labute approximate surface area is 95.3 Å². The molecule has 0 aromatic rings. The van der Waals surface area contributed by atoms with Gasteiger partial charge in [-0.25, -0.2) is 0 Å². The number of hydrogen-bond donors (Lipinski definition) is 0. The largest absolute Gasteiger partial charge is 0.351 e. The molecule has 0 aliphatic rings. The first-order chi connectivity index (χ1) is 7.12. The van der Waals surface area contributed by atoms with Crippen molar-refractivity contribution in [3.63, 3.8) is 0 Å². The highest BCUT2D eigenvalue weighted by molar-refractivity contribution is 4.53. The number of rotatable bonds is 10. The molecule has 0 saturated heterocycles. The Morgan fingerprint density at radius 2 is 1.40 bits per heavy atom. The molecule has 0 aliphatic carbocycles. The van der Waals surface area contributed by atoms with Gasteiger partial charge >= 0.3 is 0 Å². The SMILES string of the molecule is CCCCCCCCOC(C)(C)OCC. The third kappa shape index (κ3) is 10.2. The van der Waals surface area contributed by atoms with Crippen molar-refractivity contribution in [2.24, 2.45) is 0 Å². The second-order valence-electron chi connectivity index (χ2n) is 4.45. The average molecular weight is 216 g/mol. The van der Waals surface area contributed by atoms with Crippen molar-refractivity contribution in [1.82, 2.24) is 0 Å². The fraction of sp³-hybridized carbons (Fsp3) is 1.00. The number of unbranched alkanes of at least 4 members (excludes halogenated alkanes) is 5. The predicted octanol–water partition coefficient (Wildman–Crippen LogP) is 4.14. The molecule has 2 heteroatoms. The van der Waals surface area contributed by atoms with Crippen LogP contribution in [0.25, 0.3) is 0 Å². The fourth-order valence-electron chi connectivity index (χ4n) is 1.59. The van der Waals surface area contributed by atoms with Gasteiger partial charge < -0.3 is 9.47 Å². The van der Waals surface area contributed by atoms with Gasteiger partial charge in [-0.15, -0.1) is 0 Å². The van der Waals surface area contributed by atoms with Gasteiger partial charge in [0.2, 0.25) is 0 Å². The molecular weight excluding hydrogens is 188 g/mol. The Kier molecular flexibility index (Phi) is 9.12. The molecule has 0 atom stereocenters. The van der Waals surface area contributed by atoms with E-state index in [1.807, 2.05) is 20.8 Å². The van der Waals surface area contributed by atoms with Crippen LogP contribution in [0.5, 0.6) is 0 Å². The molecule has 0 aromatic carbocycles. The molecule has 0 amide bonds. The van der Waals surface area contributed by atoms with E-state index < -0.39 is 5.79 Å². The van der Waals surface area contributed by atoms with Gasteiger partial charge in [0.05, 0.1) is 0 Å². The van der Waals surface area contributed by atoms with Crippen LogP contribution in [0.2, 0.25) is 0 Å². The van der Waals surface area contributed by atoms with Crippen molar-refractivity contribution in [2.45, 2.75) is 72.0 Å². The monoisotopic (exact) mass is 216 g/mol. The maximum Gasteiger partial charge on any atom is 0.162 e. The predicted molar refractivity (Wildman–Crippen MR) is 65.0 cm³/mol. The van der Waals surface area contributed by atoms with E-state index >= 15 is 0 Å². The van der Waals surface area contributed by atoms with Crippen LogP contribution in [0.1, 0.15) is 66.2 Å². The summed E-state index contributed by atoms with van der Waals surface area (Å²) in [5.41, 5.74) is 0. The summed E-state index contributed by atoms with van der Waals surface area (Å²) in [5, 5.41) is 0. The van der Waals surface area contributed by atoms with Gasteiger partial charge in [-0.1, -0.05) is 39.0 Å². The molecule has 0 spiro atoms. The van der Waals surface area contributed by atoms with Crippen molar-refractivity contribution in [1.29, 1.82) is 0 Å². The van der Waals surface area contributed by atoms with Crippen molar-refractivity contribution in [3.05, 3.63) is 0 Å². The van der Waals surface area contributed by atoms with Crippen LogP contribution >= 0.6 is 0 Å². The van der Waals surface area contributed by atoms with Crippen LogP contribution in [0.15, 0.2) is 0 Å². The number of ether oxygens (including phenoxy) is 2. The quantitative estimate of drug-likeness (QED) is 0.404. The van der Waals surface area contributed by atoms with Crippen molar-refractivity contribution >= 4 is 0 Å². The first kappa shape index (κ1) is 14.9. The zero-order chi connectivity index (χ0) is 11.6. The van der Waals surface area contributed by atoms with Gasteiger partial charge in [0, 0.05) is 13.2 Å². The molecule has 0 saturated carbocycles. The lowest BCUT2D eigenvalue weighted by atomic mass is 10.1. The average Bonchev–Trinajstić information content (AvgIpc) is 2.16. The summed E-state index contributed by atoms with van der Waals surface area (Å²) < 4.78 is 11.1. The molecule has 0 heterocycles. The lowest BCUT2D eigenvalue weighted by molar-refractivity contribution is -0.211. The molecule has 15 heavy (non-hydrogen) atoms. The van der Waals surface area contributed by atoms with Crippen LogP contribution in [-0.2, 0) is 9.47 Å². The Morgan fingerprint density at radius 1 is 0.800 bits per heavy atom. The van der Waals surface area contributed by atoms with E-state index in [1.54, 1.807) is 0 Å². The van der Waals surface area contributed by atoms with Crippen LogP contribution in [0.3, 0.4) is 0 Å². The van der Waals surface area contributed by atoms with E-state index in [2.05, 4.69) is 6.92 Å². The molecule has 0 aromatic heterocycles. The lowest BCUT2D eigenvalue weighted by Gasteiger charge is -2.24. The van der Waals surface area contributed by atoms with E-state index in [0.29, 0.717) is 6.61 Å². The summed E-state index contributed by atoms with van der Waals surface area (Å²) >= 11 is 0. The van der Waals surface area contributed by atoms with E-state index in [0.717, 1.165) is 13.0 Å². The van der Waals surface area contributed by atoms with Crippen LogP contribution in [0.4, 0.5) is 0 Å². The molecule has 0 fully saturated rings. The first-order valence-electron chi connectivity index (χ1n) is 6.40. The standard InChI is InChI=1S/C13H28O2/c1-5-7-8-9-10-11-12-15-13(3,4)14-6-2/h5-12H2,1-4H3.